The van der Waals surface area contributed by atoms with Crippen LogP contribution in [-0.4, -0.2) is 23.1 Å². The molecule has 3 rings (SSSR count). The number of thiazole rings is 1. The molecule has 0 spiro atoms. The number of benzene rings is 2. The van der Waals surface area contributed by atoms with E-state index in [0.29, 0.717) is 20.9 Å². The van der Waals surface area contributed by atoms with Crippen LogP contribution in [-0.2, 0) is 4.74 Å². The normalized spacial score (nSPS) is 11.0. The lowest BCUT2D eigenvalue weighted by molar-refractivity contribution is 0.0530. The highest BCUT2D eigenvalue weighted by molar-refractivity contribution is 7.11. The lowest BCUT2D eigenvalue weighted by Gasteiger charge is -2.06. The summed E-state index contributed by atoms with van der Waals surface area (Å²) in [5.41, 5.74) is 2.02. The van der Waals surface area contributed by atoms with Gasteiger partial charge in [-0.3, -0.25) is 9.36 Å². The molecule has 0 N–H and O–H groups in total. The molecule has 0 aliphatic rings. The number of carbonyl (C=O) groups excluding carboxylic acids is 2. The van der Waals surface area contributed by atoms with E-state index in [-0.39, 0.29) is 24.9 Å². The van der Waals surface area contributed by atoms with Gasteiger partial charge in [-0.2, -0.15) is 4.99 Å². The van der Waals surface area contributed by atoms with Crippen molar-refractivity contribution in [1.82, 2.24) is 4.57 Å². The van der Waals surface area contributed by atoms with Crippen LogP contribution in [0.15, 0.2) is 65.7 Å². The Hall–Kier alpha value is -2.70. The van der Waals surface area contributed by atoms with Gasteiger partial charge >= 0.3 is 5.97 Å². The Labute approximate surface area is 167 Å². The first-order chi connectivity index (χ1) is 12.6. The number of rotatable bonds is 4. The molecule has 140 valence electrons. The van der Waals surface area contributed by atoms with E-state index in [9.17, 15) is 9.59 Å². The quantitative estimate of drug-likeness (QED) is 0.615. The zero-order chi connectivity index (χ0) is 18.5. The lowest BCUT2D eigenvalue weighted by atomic mass is 10.2. The highest BCUT2D eigenvalue weighted by Crippen LogP contribution is 2.18. The van der Waals surface area contributed by atoms with E-state index in [2.05, 4.69) is 4.99 Å². The van der Waals surface area contributed by atoms with Crippen LogP contribution in [0.25, 0.3) is 5.69 Å². The van der Waals surface area contributed by atoms with E-state index in [0.717, 1.165) is 17.0 Å². The van der Waals surface area contributed by atoms with Crippen molar-refractivity contribution in [3.8, 4) is 5.69 Å². The monoisotopic (exact) mass is 402 g/mol. The first-order valence-electron chi connectivity index (χ1n) is 8.21. The molecule has 1 heterocycles. The second-order valence-electron chi connectivity index (χ2n) is 5.47. The Kier molecular flexibility index (Phi) is 7.10. The number of hydrogen-bond acceptors (Lipinski definition) is 4. The van der Waals surface area contributed by atoms with E-state index in [1.165, 1.54) is 0 Å². The highest BCUT2D eigenvalue weighted by Gasteiger charge is 2.19. The third kappa shape index (κ3) is 4.53. The molecule has 0 aliphatic heterocycles. The molecule has 7 heteroatoms. The van der Waals surface area contributed by atoms with E-state index >= 15 is 0 Å². The molecule has 5 nitrogen and oxygen atoms in total. The number of nitrogens with zero attached hydrogens (tertiary/aromatic N) is 2. The molecule has 0 unspecified atom stereocenters. The van der Waals surface area contributed by atoms with Crippen LogP contribution in [0.5, 0.6) is 0 Å². The Morgan fingerprint density at radius 3 is 2.22 bits per heavy atom. The minimum absolute atomic E-state index is 0. The third-order valence-electron chi connectivity index (χ3n) is 3.74. The Morgan fingerprint density at radius 1 is 1.04 bits per heavy atom. The van der Waals surface area contributed by atoms with Gasteiger partial charge in [0.15, 0.2) is 4.80 Å². The van der Waals surface area contributed by atoms with Crippen LogP contribution in [0.2, 0.25) is 0 Å². The third-order valence-corrected chi connectivity index (χ3v) is 4.86. The van der Waals surface area contributed by atoms with Crippen molar-refractivity contribution in [2.24, 2.45) is 4.99 Å². The van der Waals surface area contributed by atoms with Crippen LogP contribution < -0.4 is 4.80 Å². The minimum Gasteiger partial charge on any atom is -0.462 e. The van der Waals surface area contributed by atoms with Crippen molar-refractivity contribution >= 4 is 35.6 Å². The van der Waals surface area contributed by atoms with Crippen LogP contribution in [0, 0.1) is 6.92 Å². The van der Waals surface area contributed by atoms with Gasteiger partial charge in [0.05, 0.1) is 6.61 Å². The Bertz CT molecular complexity index is 995. The molecule has 2 aromatic carbocycles. The van der Waals surface area contributed by atoms with Crippen LogP contribution in [0.4, 0.5) is 0 Å². The van der Waals surface area contributed by atoms with Gasteiger partial charge in [-0.05, 0) is 38.1 Å². The summed E-state index contributed by atoms with van der Waals surface area (Å²) in [6.07, 6.45) is 0. The van der Waals surface area contributed by atoms with Crippen molar-refractivity contribution in [2.75, 3.05) is 6.61 Å². The van der Waals surface area contributed by atoms with Gasteiger partial charge in [0.2, 0.25) is 0 Å². The van der Waals surface area contributed by atoms with Crippen molar-refractivity contribution < 1.29 is 14.3 Å². The van der Waals surface area contributed by atoms with Gasteiger partial charge in [0.1, 0.15) is 4.88 Å². The average Bonchev–Trinajstić information content (AvgIpc) is 2.99. The van der Waals surface area contributed by atoms with E-state index in [1.54, 1.807) is 35.8 Å². The van der Waals surface area contributed by atoms with Gasteiger partial charge in [0.25, 0.3) is 5.91 Å². The maximum Gasteiger partial charge on any atom is 0.350 e. The summed E-state index contributed by atoms with van der Waals surface area (Å²) in [6, 6.07) is 18.4. The highest BCUT2D eigenvalue weighted by atomic mass is 35.5. The summed E-state index contributed by atoms with van der Waals surface area (Å²) in [5, 5.41) is 0. The molecule has 0 bridgehead atoms. The maximum atomic E-state index is 12.5. The number of aromatic nitrogens is 1. The second-order valence-corrected chi connectivity index (χ2v) is 6.45. The number of para-hydroxylation sites is 1. The summed E-state index contributed by atoms with van der Waals surface area (Å²) in [4.78, 5) is 29.9. The zero-order valence-corrected chi connectivity index (χ0v) is 16.5. The van der Waals surface area contributed by atoms with Crippen LogP contribution >= 0.6 is 23.7 Å². The van der Waals surface area contributed by atoms with Crippen LogP contribution in [0.1, 0.15) is 32.6 Å². The number of carbonyl (C=O) groups is 2. The van der Waals surface area contributed by atoms with Gasteiger partial charge in [-0.15, -0.1) is 12.4 Å². The summed E-state index contributed by atoms with van der Waals surface area (Å²) in [5.74, 6) is -0.764. The molecule has 27 heavy (non-hydrogen) atoms. The molecular weight excluding hydrogens is 384 g/mol. The van der Waals surface area contributed by atoms with E-state index < -0.39 is 5.97 Å². The number of esters is 1. The molecule has 1 aromatic heterocycles. The first kappa shape index (κ1) is 20.6. The summed E-state index contributed by atoms with van der Waals surface area (Å²) >= 11 is 1.15. The van der Waals surface area contributed by atoms with Gasteiger partial charge in [-0.1, -0.05) is 47.7 Å². The largest absolute Gasteiger partial charge is 0.462 e. The number of amides is 1. The number of halogens is 1. The number of ether oxygens (including phenoxy) is 1. The number of hydrogen-bond donors (Lipinski definition) is 0. The maximum absolute atomic E-state index is 12.5. The molecule has 0 aliphatic carbocycles. The van der Waals surface area contributed by atoms with Gasteiger partial charge < -0.3 is 4.74 Å². The molecule has 0 saturated heterocycles. The van der Waals surface area contributed by atoms with Crippen molar-refractivity contribution in [1.29, 1.82) is 0 Å². The predicted molar refractivity (Wildman–Crippen MR) is 108 cm³/mol. The molecule has 0 saturated carbocycles. The molecule has 1 amide bonds. The van der Waals surface area contributed by atoms with Crippen molar-refractivity contribution in [3.05, 3.63) is 81.6 Å². The summed E-state index contributed by atoms with van der Waals surface area (Å²) in [6.45, 7) is 3.87. The fraction of sp³-hybridized carbons (Fsp3) is 0.150. The minimum atomic E-state index is -0.409. The lowest BCUT2D eigenvalue weighted by Crippen LogP contribution is -2.16. The fourth-order valence-corrected chi connectivity index (χ4v) is 3.55. The Balaban J connectivity index is 0.00000261. The topological polar surface area (TPSA) is 60.7 Å². The van der Waals surface area contributed by atoms with E-state index in [1.807, 2.05) is 43.3 Å². The smallest absolute Gasteiger partial charge is 0.350 e. The summed E-state index contributed by atoms with van der Waals surface area (Å²) < 4.78 is 6.94. The zero-order valence-electron chi connectivity index (χ0n) is 14.9. The van der Waals surface area contributed by atoms with Crippen molar-refractivity contribution in [3.63, 3.8) is 0 Å². The molecule has 0 radical (unpaired) electrons. The van der Waals surface area contributed by atoms with Crippen molar-refractivity contribution in [2.45, 2.75) is 13.8 Å². The predicted octanol–water partition coefficient (Wildman–Crippen LogP) is 4.19. The first-order valence-corrected chi connectivity index (χ1v) is 9.02. The Morgan fingerprint density at radius 2 is 1.63 bits per heavy atom. The summed E-state index contributed by atoms with van der Waals surface area (Å²) in [7, 11) is 0. The molecule has 0 atom stereocenters. The van der Waals surface area contributed by atoms with Crippen LogP contribution in [0.3, 0.4) is 0 Å². The average molecular weight is 403 g/mol. The SMILES string of the molecule is CCOC(=O)c1sc(=NC(=O)c2ccccc2)n(-c2ccccc2)c1C.Cl. The molecule has 0 fully saturated rings. The van der Waals surface area contributed by atoms with Gasteiger partial charge in [0, 0.05) is 16.9 Å². The molecule has 3 aromatic rings. The van der Waals surface area contributed by atoms with E-state index in [4.69, 9.17) is 4.74 Å². The second kappa shape index (κ2) is 9.30. The molecular formula is C20H19ClN2O3S. The fourth-order valence-electron chi connectivity index (χ4n) is 2.53. The van der Waals surface area contributed by atoms with Gasteiger partial charge in [-0.25, -0.2) is 4.79 Å². The standard InChI is InChI=1S/C20H18N2O3S.ClH/c1-3-25-19(24)17-14(2)22(16-12-8-5-9-13-16)20(26-17)21-18(23)15-10-6-4-7-11-15;/h4-13H,3H2,1-2H3;1H.